The van der Waals surface area contributed by atoms with E-state index in [9.17, 15) is 4.79 Å². The van der Waals surface area contributed by atoms with Crippen LogP contribution < -0.4 is 4.90 Å². The lowest BCUT2D eigenvalue weighted by molar-refractivity contribution is 0.101. The van der Waals surface area contributed by atoms with Crippen LogP contribution in [0.1, 0.15) is 23.2 Å². The van der Waals surface area contributed by atoms with Crippen LogP contribution in [-0.2, 0) is 6.54 Å². The molecule has 0 atom stereocenters. The molecule has 4 heteroatoms. The molecule has 0 aliphatic carbocycles. The van der Waals surface area contributed by atoms with Crippen molar-refractivity contribution in [2.75, 3.05) is 11.9 Å². The molecule has 0 spiro atoms. The Bertz CT molecular complexity index is 489. The van der Waals surface area contributed by atoms with E-state index in [0.29, 0.717) is 12.2 Å². The average Bonchev–Trinajstić information content (AvgIpc) is 2.82. The molecular weight excluding hydrogens is 216 g/mol. The molecule has 88 valence electrons. The summed E-state index contributed by atoms with van der Waals surface area (Å²) in [5, 5.41) is 0. The standard InChI is InChI=1S/C13H14N2O2/c1-10(16)13-6-5-11(8-14-13)15(2)9-12-4-3-7-17-12/h3-8H,9H2,1-2H3. The minimum absolute atomic E-state index is 0.0229. The normalized spacial score (nSPS) is 10.2. The minimum Gasteiger partial charge on any atom is -0.467 e. The second-order valence-corrected chi connectivity index (χ2v) is 3.89. The van der Waals surface area contributed by atoms with Gasteiger partial charge in [-0.25, -0.2) is 0 Å². The Kier molecular flexibility index (Phi) is 3.23. The molecule has 0 bridgehead atoms. The number of nitrogens with zero attached hydrogens (tertiary/aromatic N) is 2. The van der Waals surface area contributed by atoms with Crippen LogP contribution in [0.2, 0.25) is 0 Å². The van der Waals surface area contributed by atoms with E-state index in [2.05, 4.69) is 4.98 Å². The van der Waals surface area contributed by atoms with E-state index in [1.165, 1.54) is 6.92 Å². The molecule has 0 unspecified atom stereocenters. The van der Waals surface area contributed by atoms with Gasteiger partial charge in [0, 0.05) is 14.0 Å². The van der Waals surface area contributed by atoms with Crippen molar-refractivity contribution in [2.45, 2.75) is 13.5 Å². The van der Waals surface area contributed by atoms with E-state index in [-0.39, 0.29) is 5.78 Å². The summed E-state index contributed by atoms with van der Waals surface area (Å²) in [6.07, 6.45) is 3.35. The molecule has 4 nitrogen and oxygen atoms in total. The largest absolute Gasteiger partial charge is 0.467 e. The van der Waals surface area contributed by atoms with Crippen molar-refractivity contribution in [3.8, 4) is 0 Å². The maximum atomic E-state index is 11.1. The number of aromatic nitrogens is 1. The maximum absolute atomic E-state index is 11.1. The molecule has 0 radical (unpaired) electrons. The molecule has 0 amide bonds. The number of rotatable bonds is 4. The number of furan rings is 1. The summed E-state index contributed by atoms with van der Waals surface area (Å²) in [6.45, 7) is 2.18. The molecule has 0 aliphatic heterocycles. The van der Waals surface area contributed by atoms with Crippen molar-refractivity contribution >= 4 is 11.5 Å². The number of carbonyl (C=O) groups excluding carboxylic acids is 1. The predicted molar refractivity (Wildman–Crippen MR) is 65.1 cm³/mol. The van der Waals surface area contributed by atoms with Crippen molar-refractivity contribution in [3.05, 3.63) is 48.2 Å². The first kappa shape index (κ1) is 11.4. The van der Waals surface area contributed by atoms with Crippen LogP contribution in [0.5, 0.6) is 0 Å². The minimum atomic E-state index is -0.0229. The van der Waals surface area contributed by atoms with E-state index >= 15 is 0 Å². The summed E-state index contributed by atoms with van der Waals surface area (Å²) in [5.41, 5.74) is 1.44. The van der Waals surface area contributed by atoms with E-state index in [1.54, 1.807) is 18.5 Å². The number of carbonyl (C=O) groups is 1. The Hall–Kier alpha value is -2.10. The highest BCUT2D eigenvalue weighted by Gasteiger charge is 2.06. The zero-order valence-electron chi connectivity index (χ0n) is 9.88. The lowest BCUT2D eigenvalue weighted by atomic mass is 10.2. The average molecular weight is 230 g/mol. The van der Waals surface area contributed by atoms with Crippen molar-refractivity contribution in [2.24, 2.45) is 0 Å². The Morgan fingerprint density at radius 3 is 2.76 bits per heavy atom. The van der Waals surface area contributed by atoms with Crippen LogP contribution in [0.15, 0.2) is 41.1 Å². The highest BCUT2D eigenvalue weighted by Crippen LogP contribution is 2.15. The van der Waals surface area contributed by atoms with Crippen LogP contribution in [0.25, 0.3) is 0 Å². The third-order valence-corrected chi connectivity index (χ3v) is 2.52. The predicted octanol–water partition coefficient (Wildman–Crippen LogP) is 2.51. The molecule has 2 heterocycles. The smallest absolute Gasteiger partial charge is 0.178 e. The van der Waals surface area contributed by atoms with Gasteiger partial charge in [-0.3, -0.25) is 9.78 Å². The number of ketones is 1. The molecular formula is C13H14N2O2. The maximum Gasteiger partial charge on any atom is 0.178 e. The van der Waals surface area contributed by atoms with E-state index in [4.69, 9.17) is 4.42 Å². The van der Waals surface area contributed by atoms with Gasteiger partial charge in [-0.1, -0.05) is 0 Å². The molecule has 0 aliphatic rings. The fourth-order valence-electron chi connectivity index (χ4n) is 1.55. The molecule has 0 saturated heterocycles. The number of hydrogen-bond donors (Lipinski definition) is 0. The Labute approximate surface area is 99.9 Å². The summed E-state index contributed by atoms with van der Waals surface area (Å²) >= 11 is 0. The van der Waals surface area contributed by atoms with Gasteiger partial charge in [0.1, 0.15) is 11.5 Å². The van der Waals surface area contributed by atoms with Gasteiger partial charge in [-0.2, -0.15) is 0 Å². The molecule has 17 heavy (non-hydrogen) atoms. The van der Waals surface area contributed by atoms with Gasteiger partial charge in [-0.05, 0) is 24.3 Å². The van der Waals surface area contributed by atoms with Crippen LogP contribution >= 0.6 is 0 Å². The van der Waals surface area contributed by atoms with Gasteiger partial charge in [0.25, 0.3) is 0 Å². The van der Waals surface area contributed by atoms with Crippen LogP contribution in [0, 0.1) is 0 Å². The van der Waals surface area contributed by atoms with E-state index in [1.807, 2.05) is 30.1 Å². The van der Waals surface area contributed by atoms with Gasteiger partial charge < -0.3 is 9.32 Å². The van der Waals surface area contributed by atoms with Crippen LogP contribution in [0.4, 0.5) is 5.69 Å². The first-order valence-electron chi connectivity index (χ1n) is 5.37. The monoisotopic (exact) mass is 230 g/mol. The first-order chi connectivity index (χ1) is 8.16. The van der Waals surface area contributed by atoms with Crippen LogP contribution in [0.3, 0.4) is 0 Å². The number of hydrogen-bond acceptors (Lipinski definition) is 4. The van der Waals surface area contributed by atoms with Crippen LogP contribution in [-0.4, -0.2) is 17.8 Å². The fraction of sp³-hybridized carbons (Fsp3) is 0.231. The van der Waals surface area contributed by atoms with Gasteiger partial charge in [-0.15, -0.1) is 0 Å². The van der Waals surface area contributed by atoms with E-state index < -0.39 is 0 Å². The Morgan fingerprint density at radius 1 is 1.41 bits per heavy atom. The van der Waals surface area contributed by atoms with Crippen molar-refractivity contribution in [1.82, 2.24) is 4.98 Å². The third kappa shape index (κ3) is 2.72. The molecule has 2 aromatic heterocycles. The summed E-state index contributed by atoms with van der Waals surface area (Å²) < 4.78 is 5.27. The summed E-state index contributed by atoms with van der Waals surface area (Å²) in [7, 11) is 1.95. The zero-order chi connectivity index (χ0) is 12.3. The SMILES string of the molecule is CC(=O)c1ccc(N(C)Cc2ccco2)cn1. The summed E-state index contributed by atoms with van der Waals surface area (Å²) in [6, 6.07) is 7.40. The summed E-state index contributed by atoms with van der Waals surface area (Å²) in [5.74, 6) is 0.869. The van der Waals surface area contributed by atoms with Gasteiger partial charge in [0.05, 0.1) is 24.7 Å². The molecule has 0 aromatic carbocycles. The lowest BCUT2D eigenvalue weighted by Gasteiger charge is -2.17. The molecule has 0 fully saturated rings. The van der Waals surface area contributed by atoms with E-state index in [0.717, 1.165) is 11.4 Å². The highest BCUT2D eigenvalue weighted by molar-refractivity contribution is 5.92. The number of pyridine rings is 1. The van der Waals surface area contributed by atoms with Crippen molar-refractivity contribution in [1.29, 1.82) is 0 Å². The van der Waals surface area contributed by atoms with Gasteiger partial charge >= 0.3 is 0 Å². The molecule has 2 aromatic rings. The highest BCUT2D eigenvalue weighted by atomic mass is 16.3. The first-order valence-corrected chi connectivity index (χ1v) is 5.37. The quantitative estimate of drug-likeness (QED) is 0.757. The van der Waals surface area contributed by atoms with Gasteiger partial charge in [0.2, 0.25) is 0 Å². The third-order valence-electron chi connectivity index (χ3n) is 2.52. The molecule has 0 saturated carbocycles. The zero-order valence-corrected chi connectivity index (χ0v) is 9.88. The fourth-order valence-corrected chi connectivity index (χ4v) is 1.55. The Balaban J connectivity index is 2.09. The summed E-state index contributed by atoms with van der Waals surface area (Å²) in [4.78, 5) is 17.2. The number of Topliss-reactive ketones (excluding diaryl/α,β-unsaturated/α-hetero) is 1. The second-order valence-electron chi connectivity index (χ2n) is 3.89. The topological polar surface area (TPSA) is 46.3 Å². The number of anilines is 1. The van der Waals surface area contributed by atoms with Gasteiger partial charge in [0.15, 0.2) is 5.78 Å². The Morgan fingerprint density at radius 2 is 2.24 bits per heavy atom. The lowest BCUT2D eigenvalue weighted by Crippen LogP contribution is -2.16. The second kappa shape index (κ2) is 4.82. The van der Waals surface area contributed by atoms with Crippen molar-refractivity contribution in [3.63, 3.8) is 0 Å². The molecule has 0 N–H and O–H groups in total. The molecule has 2 rings (SSSR count). The van der Waals surface area contributed by atoms with Crippen molar-refractivity contribution < 1.29 is 9.21 Å².